The molecule has 1 aromatic carbocycles. The molecule has 0 N–H and O–H groups in total. The molecule has 0 saturated carbocycles. The molecule has 1 saturated heterocycles. The normalized spacial score (nSPS) is 28.5. The van der Waals surface area contributed by atoms with Crippen molar-refractivity contribution in [3.05, 3.63) is 35.4 Å². The number of aryl methyl sites for hydroxylation is 1. The van der Waals surface area contributed by atoms with E-state index in [-0.39, 0.29) is 11.7 Å². The molecule has 2 heteroatoms. The summed E-state index contributed by atoms with van der Waals surface area (Å²) in [4.78, 5) is 0. The van der Waals surface area contributed by atoms with Crippen molar-refractivity contribution >= 4 is 0 Å². The van der Waals surface area contributed by atoms with Crippen LogP contribution >= 0.6 is 0 Å². The molecule has 15 heavy (non-hydrogen) atoms. The summed E-state index contributed by atoms with van der Waals surface area (Å²) in [6.45, 7) is 4.14. The van der Waals surface area contributed by atoms with Gasteiger partial charge in [-0.25, -0.2) is 0 Å². The average molecular weight is 201 g/mol. The third-order valence-corrected chi connectivity index (χ3v) is 2.99. The largest absolute Gasteiger partial charge is 0.345 e. The molecule has 1 fully saturated rings. The Kier molecular flexibility index (Phi) is 2.50. The molecule has 0 radical (unpaired) electrons. The highest BCUT2D eigenvalue weighted by atomic mass is 16.6. The zero-order chi connectivity index (χ0) is 10.9. The van der Waals surface area contributed by atoms with Crippen molar-refractivity contribution in [3.63, 3.8) is 0 Å². The van der Waals surface area contributed by atoms with Gasteiger partial charge in [0.1, 0.15) is 5.60 Å². The first kappa shape index (κ1) is 10.2. The molecule has 1 aromatic rings. The lowest BCUT2D eigenvalue weighted by molar-refractivity contribution is 0.321. The number of epoxide rings is 1. The van der Waals surface area contributed by atoms with Crippen molar-refractivity contribution in [1.29, 1.82) is 5.26 Å². The number of nitriles is 1. The van der Waals surface area contributed by atoms with Gasteiger partial charge in [-0.1, -0.05) is 37.6 Å². The van der Waals surface area contributed by atoms with Crippen LogP contribution in [0.25, 0.3) is 0 Å². The first-order chi connectivity index (χ1) is 7.20. The molecule has 1 aliphatic rings. The van der Waals surface area contributed by atoms with Crippen molar-refractivity contribution in [2.45, 2.75) is 38.4 Å². The van der Waals surface area contributed by atoms with Crippen LogP contribution in [-0.2, 0) is 16.8 Å². The van der Waals surface area contributed by atoms with Crippen molar-refractivity contribution in [2.24, 2.45) is 0 Å². The minimum absolute atomic E-state index is 0.269. The molecule has 2 atom stereocenters. The molecule has 1 aliphatic heterocycles. The zero-order valence-electron chi connectivity index (χ0n) is 9.16. The third kappa shape index (κ3) is 1.75. The summed E-state index contributed by atoms with van der Waals surface area (Å²) in [5, 5.41) is 8.77. The second-order valence-corrected chi connectivity index (χ2v) is 4.18. The number of rotatable bonds is 3. The molecule has 1 heterocycles. The molecule has 0 bridgehead atoms. The summed E-state index contributed by atoms with van der Waals surface area (Å²) in [6.07, 6.45) is 2.00. The first-order valence-corrected chi connectivity index (χ1v) is 5.37. The average Bonchev–Trinajstić information content (AvgIpc) is 2.93. The number of hydrogen-bond acceptors (Lipinski definition) is 2. The van der Waals surface area contributed by atoms with Gasteiger partial charge in [-0.05, 0) is 24.5 Å². The van der Waals surface area contributed by atoms with Crippen LogP contribution < -0.4 is 0 Å². The lowest BCUT2D eigenvalue weighted by atomic mass is 9.96. The van der Waals surface area contributed by atoms with E-state index in [4.69, 9.17) is 10.00 Å². The van der Waals surface area contributed by atoms with Gasteiger partial charge < -0.3 is 4.74 Å². The predicted octanol–water partition coefficient (Wildman–Crippen LogP) is 2.78. The van der Waals surface area contributed by atoms with E-state index < -0.39 is 0 Å². The van der Waals surface area contributed by atoms with Gasteiger partial charge in [0.25, 0.3) is 0 Å². The fourth-order valence-electron chi connectivity index (χ4n) is 1.87. The van der Waals surface area contributed by atoms with Gasteiger partial charge in [-0.15, -0.1) is 0 Å². The van der Waals surface area contributed by atoms with Crippen LogP contribution in [0.3, 0.4) is 0 Å². The summed E-state index contributed by atoms with van der Waals surface area (Å²) in [6, 6.07) is 10.5. The zero-order valence-corrected chi connectivity index (χ0v) is 9.16. The van der Waals surface area contributed by atoms with Crippen molar-refractivity contribution in [2.75, 3.05) is 0 Å². The molecule has 78 valence electrons. The van der Waals surface area contributed by atoms with Crippen LogP contribution in [-0.4, -0.2) is 6.10 Å². The van der Waals surface area contributed by atoms with Crippen LogP contribution in [0.2, 0.25) is 0 Å². The molecule has 2 unspecified atom stereocenters. The van der Waals surface area contributed by atoms with Gasteiger partial charge in [0, 0.05) is 0 Å². The Morgan fingerprint density at radius 3 is 2.53 bits per heavy atom. The Morgan fingerprint density at radius 1 is 1.40 bits per heavy atom. The highest BCUT2D eigenvalue weighted by Crippen LogP contribution is 2.45. The maximum absolute atomic E-state index is 8.77. The standard InChI is InChI=1S/C13H15NO/c1-3-4-10-5-7-11(8-6-10)13(2)12(9-14)15-13/h5-8,12H,3-4H2,1-2H3. The minimum Gasteiger partial charge on any atom is -0.345 e. The number of ether oxygens (including phenoxy) is 1. The number of nitrogens with zero attached hydrogens (tertiary/aromatic N) is 1. The van der Waals surface area contributed by atoms with Crippen LogP contribution in [0.15, 0.2) is 24.3 Å². The van der Waals surface area contributed by atoms with E-state index in [0.29, 0.717) is 0 Å². The maximum atomic E-state index is 8.77. The molecule has 0 aliphatic carbocycles. The molecule has 0 aromatic heterocycles. The summed E-state index contributed by atoms with van der Waals surface area (Å²) in [5.41, 5.74) is 2.09. The molecule has 2 rings (SSSR count). The van der Waals surface area contributed by atoms with Gasteiger partial charge in [-0.2, -0.15) is 5.26 Å². The highest BCUT2D eigenvalue weighted by molar-refractivity contribution is 5.34. The number of hydrogen-bond donors (Lipinski definition) is 0. The molecule has 0 spiro atoms. The molecular formula is C13H15NO. The summed E-state index contributed by atoms with van der Waals surface area (Å²) in [7, 11) is 0. The van der Waals surface area contributed by atoms with E-state index in [2.05, 4.69) is 37.3 Å². The SMILES string of the molecule is CCCc1ccc(C2(C)OC2C#N)cc1. The van der Waals surface area contributed by atoms with E-state index in [1.165, 1.54) is 5.56 Å². The molecule has 2 nitrogen and oxygen atoms in total. The maximum Gasteiger partial charge on any atom is 0.178 e. The lowest BCUT2D eigenvalue weighted by Gasteiger charge is -2.06. The van der Waals surface area contributed by atoms with Gasteiger partial charge in [-0.3, -0.25) is 0 Å². The topological polar surface area (TPSA) is 36.3 Å². The van der Waals surface area contributed by atoms with E-state index in [0.717, 1.165) is 18.4 Å². The lowest BCUT2D eigenvalue weighted by Crippen LogP contribution is -2.06. The summed E-state index contributed by atoms with van der Waals surface area (Å²) < 4.78 is 5.38. The number of benzene rings is 1. The minimum atomic E-state index is -0.362. The van der Waals surface area contributed by atoms with Crippen LogP contribution in [0, 0.1) is 11.3 Å². The Morgan fingerprint density at radius 2 is 2.07 bits per heavy atom. The van der Waals surface area contributed by atoms with Gasteiger partial charge in [0.05, 0.1) is 6.07 Å². The monoisotopic (exact) mass is 201 g/mol. The first-order valence-electron chi connectivity index (χ1n) is 5.37. The van der Waals surface area contributed by atoms with Crippen molar-refractivity contribution < 1.29 is 4.74 Å². The second-order valence-electron chi connectivity index (χ2n) is 4.18. The Balaban J connectivity index is 2.15. The van der Waals surface area contributed by atoms with Gasteiger partial charge in [0.15, 0.2) is 6.10 Å². The molecule has 0 amide bonds. The van der Waals surface area contributed by atoms with E-state index >= 15 is 0 Å². The fourth-order valence-corrected chi connectivity index (χ4v) is 1.87. The third-order valence-electron chi connectivity index (χ3n) is 2.99. The van der Waals surface area contributed by atoms with E-state index in [1.807, 2.05) is 6.92 Å². The van der Waals surface area contributed by atoms with Gasteiger partial charge >= 0.3 is 0 Å². The molecular weight excluding hydrogens is 186 g/mol. The van der Waals surface area contributed by atoms with E-state index in [9.17, 15) is 0 Å². The fraction of sp³-hybridized carbons (Fsp3) is 0.462. The second kappa shape index (κ2) is 3.67. The highest BCUT2D eigenvalue weighted by Gasteiger charge is 2.54. The van der Waals surface area contributed by atoms with Crippen LogP contribution in [0.5, 0.6) is 0 Å². The van der Waals surface area contributed by atoms with E-state index in [1.54, 1.807) is 0 Å². The van der Waals surface area contributed by atoms with Crippen LogP contribution in [0.1, 0.15) is 31.4 Å². The van der Waals surface area contributed by atoms with Crippen LogP contribution in [0.4, 0.5) is 0 Å². The Labute approximate surface area is 90.5 Å². The smallest absolute Gasteiger partial charge is 0.178 e. The predicted molar refractivity (Wildman–Crippen MR) is 58.3 cm³/mol. The van der Waals surface area contributed by atoms with Crippen molar-refractivity contribution in [1.82, 2.24) is 0 Å². The summed E-state index contributed by atoms with van der Waals surface area (Å²) >= 11 is 0. The summed E-state index contributed by atoms with van der Waals surface area (Å²) in [5.74, 6) is 0. The van der Waals surface area contributed by atoms with Crippen molar-refractivity contribution in [3.8, 4) is 6.07 Å². The quantitative estimate of drug-likeness (QED) is 0.705. The van der Waals surface area contributed by atoms with Gasteiger partial charge in [0.2, 0.25) is 0 Å². The Hall–Kier alpha value is -1.33. The Bertz CT molecular complexity index is 390.